The van der Waals surface area contributed by atoms with E-state index in [0.717, 1.165) is 12.8 Å². The second kappa shape index (κ2) is 4.84. The molecule has 2 atom stereocenters. The number of carbonyl (C=O) groups is 2. The molecule has 1 saturated heterocycles. The standard InChI is InChI=1S/C14H17NO2S/c16-12-7-11(10-5-6-18-8-10)13(14(17)15-12)9-3-1-2-4-9/h5-6,8-9,11,13H,1-4,7H2,(H,15,16,17). The minimum atomic E-state index is -0.120. The van der Waals surface area contributed by atoms with Gasteiger partial charge in [-0.15, -0.1) is 0 Å². The highest BCUT2D eigenvalue weighted by atomic mass is 32.1. The first kappa shape index (κ1) is 11.9. The van der Waals surface area contributed by atoms with Crippen molar-refractivity contribution in [2.45, 2.75) is 38.0 Å². The average Bonchev–Trinajstić information content (AvgIpc) is 3.01. The van der Waals surface area contributed by atoms with Gasteiger partial charge < -0.3 is 0 Å². The normalized spacial score (nSPS) is 29.6. The summed E-state index contributed by atoms with van der Waals surface area (Å²) in [6.07, 6.45) is 5.17. The topological polar surface area (TPSA) is 46.2 Å². The fourth-order valence-corrected chi connectivity index (χ4v) is 4.18. The zero-order chi connectivity index (χ0) is 12.5. The number of nitrogens with one attached hydrogen (secondary N) is 1. The summed E-state index contributed by atoms with van der Waals surface area (Å²) < 4.78 is 0. The summed E-state index contributed by atoms with van der Waals surface area (Å²) in [7, 11) is 0. The molecule has 3 nitrogen and oxygen atoms in total. The molecule has 1 aromatic rings. The first-order valence-electron chi connectivity index (χ1n) is 6.61. The summed E-state index contributed by atoms with van der Waals surface area (Å²) in [6, 6.07) is 2.06. The third-order valence-electron chi connectivity index (χ3n) is 4.28. The van der Waals surface area contributed by atoms with Crippen LogP contribution in [0.1, 0.15) is 43.6 Å². The van der Waals surface area contributed by atoms with Crippen LogP contribution < -0.4 is 5.32 Å². The minimum Gasteiger partial charge on any atom is -0.296 e. The third-order valence-corrected chi connectivity index (χ3v) is 4.98. The lowest BCUT2D eigenvalue weighted by Crippen LogP contribution is -2.47. The van der Waals surface area contributed by atoms with Crippen LogP contribution in [-0.2, 0) is 9.59 Å². The summed E-state index contributed by atoms with van der Waals surface area (Å²) in [4.78, 5) is 23.8. The summed E-state index contributed by atoms with van der Waals surface area (Å²) in [5.74, 6) is 0.392. The third kappa shape index (κ3) is 2.09. The predicted octanol–water partition coefficient (Wildman–Crippen LogP) is 2.68. The number of hydrogen-bond acceptors (Lipinski definition) is 3. The maximum Gasteiger partial charge on any atom is 0.230 e. The minimum absolute atomic E-state index is 0.000185. The Balaban J connectivity index is 1.90. The van der Waals surface area contributed by atoms with Crippen molar-refractivity contribution in [3.63, 3.8) is 0 Å². The summed E-state index contributed by atoms with van der Waals surface area (Å²) in [5.41, 5.74) is 1.17. The van der Waals surface area contributed by atoms with Crippen molar-refractivity contribution in [2.75, 3.05) is 0 Å². The van der Waals surface area contributed by atoms with E-state index >= 15 is 0 Å². The zero-order valence-electron chi connectivity index (χ0n) is 10.2. The van der Waals surface area contributed by atoms with Gasteiger partial charge in [0.2, 0.25) is 11.8 Å². The van der Waals surface area contributed by atoms with Gasteiger partial charge in [-0.3, -0.25) is 14.9 Å². The van der Waals surface area contributed by atoms with Crippen molar-refractivity contribution in [1.29, 1.82) is 0 Å². The van der Waals surface area contributed by atoms with Gasteiger partial charge in [0.1, 0.15) is 0 Å². The number of thiophene rings is 1. The van der Waals surface area contributed by atoms with Gasteiger partial charge in [0.25, 0.3) is 0 Å². The van der Waals surface area contributed by atoms with Crippen LogP contribution in [0.4, 0.5) is 0 Å². The SMILES string of the molecule is O=C1CC(c2ccsc2)C(C2CCCC2)C(=O)N1. The van der Waals surface area contributed by atoms with Crippen LogP contribution in [0.2, 0.25) is 0 Å². The fraction of sp³-hybridized carbons (Fsp3) is 0.571. The molecule has 2 unspecified atom stereocenters. The van der Waals surface area contributed by atoms with E-state index < -0.39 is 0 Å². The van der Waals surface area contributed by atoms with E-state index in [1.54, 1.807) is 11.3 Å². The van der Waals surface area contributed by atoms with Crippen molar-refractivity contribution in [2.24, 2.45) is 11.8 Å². The Morgan fingerprint density at radius 1 is 1.22 bits per heavy atom. The fourth-order valence-electron chi connectivity index (χ4n) is 3.45. The average molecular weight is 263 g/mol. The van der Waals surface area contributed by atoms with Crippen molar-refractivity contribution in [3.05, 3.63) is 22.4 Å². The molecular weight excluding hydrogens is 246 g/mol. The highest BCUT2D eigenvalue weighted by molar-refractivity contribution is 7.08. The van der Waals surface area contributed by atoms with Gasteiger partial charge in [-0.25, -0.2) is 0 Å². The maximum absolute atomic E-state index is 12.2. The van der Waals surface area contributed by atoms with Gasteiger partial charge in [0.05, 0.1) is 0 Å². The Morgan fingerprint density at radius 2 is 2.00 bits per heavy atom. The lowest BCUT2D eigenvalue weighted by atomic mass is 9.73. The van der Waals surface area contributed by atoms with Crippen LogP contribution in [0, 0.1) is 11.8 Å². The van der Waals surface area contributed by atoms with Gasteiger partial charge in [0.15, 0.2) is 0 Å². The second-order valence-corrected chi connectivity index (χ2v) is 6.13. The van der Waals surface area contributed by atoms with Gasteiger partial charge in [0, 0.05) is 18.3 Å². The molecule has 0 radical (unpaired) electrons. The van der Waals surface area contributed by atoms with E-state index in [4.69, 9.17) is 0 Å². The van der Waals surface area contributed by atoms with Gasteiger partial charge in [-0.1, -0.05) is 12.8 Å². The van der Waals surface area contributed by atoms with E-state index in [9.17, 15) is 9.59 Å². The molecule has 2 amide bonds. The summed E-state index contributed by atoms with van der Waals surface area (Å²) in [6.45, 7) is 0. The number of hydrogen-bond donors (Lipinski definition) is 1. The van der Waals surface area contributed by atoms with Crippen LogP contribution in [0.3, 0.4) is 0 Å². The molecule has 1 aromatic heterocycles. The number of imide groups is 1. The summed E-state index contributed by atoms with van der Waals surface area (Å²) >= 11 is 1.64. The van der Waals surface area contributed by atoms with Crippen LogP contribution >= 0.6 is 11.3 Å². The molecule has 1 N–H and O–H groups in total. The molecule has 2 heterocycles. The molecule has 0 bridgehead atoms. The van der Waals surface area contributed by atoms with Crippen LogP contribution in [0.25, 0.3) is 0 Å². The summed E-state index contributed by atoms with van der Waals surface area (Å²) in [5, 5.41) is 6.63. The van der Waals surface area contributed by atoms with Crippen molar-refractivity contribution >= 4 is 23.2 Å². The lowest BCUT2D eigenvalue weighted by molar-refractivity contribution is -0.138. The predicted molar refractivity (Wildman–Crippen MR) is 70.3 cm³/mol. The second-order valence-electron chi connectivity index (χ2n) is 5.35. The first-order valence-corrected chi connectivity index (χ1v) is 7.56. The molecular formula is C14H17NO2S. The highest BCUT2D eigenvalue weighted by Gasteiger charge is 2.42. The Labute approximate surface area is 111 Å². The molecule has 4 heteroatoms. The molecule has 1 aliphatic heterocycles. The van der Waals surface area contributed by atoms with E-state index in [1.807, 2.05) is 5.38 Å². The van der Waals surface area contributed by atoms with Crippen molar-refractivity contribution in [1.82, 2.24) is 5.32 Å². The van der Waals surface area contributed by atoms with Crippen LogP contribution in [0.15, 0.2) is 16.8 Å². The molecule has 3 rings (SSSR count). The lowest BCUT2D eigenvalue weighted by Gasteiger charge is -2.33. The monoisotopic (exact) mass is 263 g/mol. The molecule has 1 saturated carbocycles. The van der Waals surface area contributed by atoms with E-state index in [-0.39, 0.29) is 23.7 Å². The zero-order valence-corrected chi connectivity index (χ0v) is 11.0. The molecule has 2 fully saturated rings. The van der Waals surface area contributed by atoms with E-state index in [1.165, 1.54) is 18.4 Å². The molecule has 18 heavy (non-hydrogen) atoms. The molecule has 0 aromatic carbocycles. The number of amides is 2. The number of carbonyl (C=O) groups excluding carboxylic acids is 2. The molecule has 1 aliphatic carbocycles. The van der Waals surface area contributed by atoms with Gasteiger partial charge >= 0.3 is 0 Å². The molecule has 96 valence electrons. The largest absolute Gasteiger partial charge is 0.296 e. The van der Waals surface area contributed by atoms with Crippen molar-refractivity contribution in [3.8, 4) is 0 Å². The maximum atomic E-state index is 12.2. The number of piperidine rings is 1. The molecule has 2 aliphatic rings. The highest BCUT2D eigenvalue weighted by Crippen LogP contribution is 2.43. The Morgan fingerprint density at radius 3 is 2.67 bits per heavy atom. The van der Waals surface area contributed by atoms with Crippen molar-refractivity contribution < 1.29 is 9.59 Å². The van der Waals surface area contributed by atoms with E-state index in [2.05, 4.69) is 16.8 Å². The quantitative estimate of drug-likeness (QED) is 0.834. The van der Waals surface area contributed by atoms with Crippen LogP contribution in [0.5, 0.6) is 0 Å². The Hall–Kier alpha value is -1.16. The Kier molecular flexibility index (Phi) is 3.20. The van der Waals surface area contributed by atoms with Crippen LogP contribution in [-0.4, -0.2) is 11.8 Å². The smallest absolute Gasteiger partial charge is 0.230 e. The van der Waals surface area contributed by atoms with Gasteiger partial charge in [-0.2, -0.15) is 11.3 Å². The molecule has 0 spiro atoms. The number of rotatable bonds is 2. The van der Waals surface area contributed by atoms with Gasteiger partial charge in [-0.05, 0) is 41.1 Å². The Bertz CT molecular complexity index is 448. The van der Waals surface area contributed by atoms with E-state index in [0.29, 0.717) is 12.3 Å². The first-order chi connectivity index (χ1) is 8.75.